The van der Waals surface area contributed by atoms with Gasteiger partial charge in [-0.2, -0.15) is 0 Å². The Morgan fingerprint density at radius 3 is 2.58 bits per heavy atom. The van der Waals surface area contributed by atoms with E-state index in [0.717, 1.165) is 50.1 Å². The van der Waals surface area contributed by atoms with Gasteiger partial charge in [0.05, 0.1) is 6.04 Å². The maximum atomic E-state index is 13.3. The van der Waals surface area contributed by atoms with Crippen molar-refractivity contribution in [3.63, 3.8) is 0 Å². The molecule has 31 heavy (non-hydrogen) atoms. The number of nitrogens with two attached hydrogens (primary N) is 1. The lowest BCUT2D eigenvalue weighted by atomic mass is 9.74. The molecule has 2 atom stereocenters. The van der Waals surface area contributed by atoms with Crippen molar-refractivity contribution in [2.45, 2.75) is 50.3 Å². The number of halogens is 1. The Balaban J connectivity index is 1.39. The van der Waals surface area contributed by atoms with Crippen LogP contribution in [0, 0.1) is 0 Å². The Bertz CT molecular complexity index is 959. The Hall–Kier alpha value is -2.57. The van der Waals surface area contributed by atoms with E-state index >= 15 is 0 Å². The Morgan fingerprint density at radius 1 is 1.23 bits per heavy atom. The number of nitrogens with one attached hydrogen (secondary N) is 1. The van der Waals surface area contributed by atoms with Gasteiger partial charge in [0.2, 0.25) is 11.8 Å². The van der Waals surface area contributed by atoms with Crippen LogP contribution in [0.5, 0.6) is 5.75 Å². The number of hydrogen-bond acceptors (Lipinski definition) is 4. The van der Waals surface area contributed by atoms with Crippen LogP contribution in [0.4, 0.5) is 0 Å². The molecule has 2 fully saturated rings. The van der Waals surface area contributed by atoms with Crippen molar-refractivity contribution < 1.29 is 14.3 Å². The van der Waals surface area contributed by atoms with Gasteiger partial charge in [-0.25, -0.2) is 0 Å². The van der Waals surface area contributed by atoms with Gasteiger partial charge in [0, 0.05) is 23.7 Å². The molecule has 1 saturated heterocycles. The van der Waals surface area contributed by atoms with Gasteiger partial charge in [-0.1, -0.05) is 29.8 Å². The van der Waals surface area contributed by atoms with Crippen LogP contribution in [0.2, 0.25) is 5.02 Å². The number of nitrogens with zero attached hydrogens (tertiary/aromatic N) is 1. The molecule has 2 amide bonds. The normalized spacial score (nSPS) is 21.2. The van der Waals surface area contributed by atoms with E-state index in [4.69, 9.17) is 22.1 Å². The molecule has 1 unspecified atom stereocenters. The van der Waals surface area contributed by atoms with Crippen molar-refractivity contribution >= 4 is 23.4 Å². The number of benzene rings is 2. The predicted octanol–water partition coefficient (Wildman–Crippen LogP) is 3.69. The van der Waals surface area contributed by atoms with Gasteiger partial charge in [-0.3, -0.25) is 14.5 Å². The Kier molecular flexibility index (Phi) is 6.21. The largest absolute Gasteiger partial charge is 0.489 e. The molecule has 0 radical (unpaired) electrons. The number of ether oxygens (including phenoxy) is 1. The molecule has 164 valence electrons. The summed E-state index contributed by atoms with van der Waals surface area (Å²) >= 11 is 6.06. The van der Waals surface area contributed by atoms with Gasteiger partial charge in [-0.15, -0.1) is 0 Å². The fourth-order valence-corrected chi connectivity index (χ4v) is 4.68. The Morgan fingerprint density at radius 2 is 1.97 bits per heavy atom. The molecule has 2 aromatic rings. The van der Waals surface area contributed by atoms with Crippen molar-refractivity contribution in [3.05, 3.63) is 64.7 Å². The Labute approximate surface area is 187 Å². The lowest BCUT2D eigenvalue weighted by molar-refractivity contribution is -0.139. The first-order valence-corrected chi connectivity index (χ1v) is 11.1. The second-order valence-corrected chi connectivity index (χ2v) is 8.93. The van der Waals surface area contributed by atoms with Crippen molar-refractivity contribution in [2.24, 2.45) is 5.73 Å². The molecule has 1 heterocycles. The van der Waals surface area contributed by atoms with Crippen LogP contribution in [0.3, 0.4) is 0 Å². The van der Waals surface area contributed by atoms with E-state index < -0.39 is 11.4 Å². The summed E-state index contributed by atoms with van der Waals surface area (Å²) in [6.45, 7) is 3.51. The summed E-state index contributed by atoms with van der Waals surface area (Å²) in [6, 6.07) is 14.3. The highest BCUT2D eigenvalue weighted by Gasteiger charge is 2.51. The van der Waals surface area contributed by atoms with Crippen molar-refractivity contribution in [2.75, 3.05) is 13.1 Å². The van der Waals surface area contributed by atoms with Gasteiger partial charge in [0.15, 0.2) is 0 Å². The molecular formula is C24H28ClN3O3. The van der Waals surface area contributed by atoms with E-state index in [1.807, 2.05) is 43.3 Å². The molecule has 0 spiro atoms. The monoisotopic (exact) mass is 441 g/mol. The molecule has 3 N–H and O–H groups in total. The topological polar surface area (TPSA) is 84.7 Å². The van der Waals surface area contributed by atoms with Gasteiger partial charge >= 0.3 is 0 Å². The number of primary amides is 1. The van der Waals surface area contributed by atoms with E-state index in [1.54, 1.807) is 12.1 Å². The van der Waals surface area contributed by atoms with Crippen LogP contribution in [0.15, 0.2) is 48.5 Å². The number of likely N-dealkylation sites (tertiary alicyclic amines) is 1. The van der Waals surface area contributed by atoms with E-state index in [1.165, 1.54) is 0 Å². The zero-order chi connectivity index (χ0) is 22.0. The first-order valence-electron chi connectivity index (χ1n) is 10.8. The van der Waals surface area contributed by atoms with Crippen molar-refractivity contribution in [3.8, 4) is 5.75 Å². The molecule has 2 aromatic carbocycles. The summed E-state index contributed by atoms with van der Waals surface area (Å²) in [4.78, 5) is 26.9. The summed E-state index contributed by atoms with van der Waals surface area (Å²) in [6.07, 6.45) is 3.69. The fraction of sp³-hybridized carbons (Fsp3) is 0.417. The van der Waals surface area contributed by atoms with Crippen LogP contribution in [-0.2, 0) is 4.79 Å². The maximum absolute atomic E-state index is 13.3. The zero-order valence-corrected chi connectivity index (χ0v) is 18.4. The minimum absolute atomic E-state index is 0.0440. The van der Waals surface area contributed by atoms with E-state index in [-0.39, 0.29) is 18.1 Å². The van der Waals surface area contributed by atoms with Crippen LogP contribution in [0.1, 0.15) is 54.6 Å². The highest BCUT2D eigenvalue weighted by molar-refractivity contribution is 6.30. The van der Waals surface area contributed by atoms with Gasteiger partial charge in [0.1, 0.15) is 17.4 Å². The first-order chi connectivity index (χ1) is 14.9. The molecule has 6 nitrogen and oxygen atoms in total. The van der Waals surface area contributed by atoms with Crippen molar-refractivity contribution in [1.82, 2.24) is 10.2 Å². The number of rotatable bonds is 7. The highest BCUT2D eigenvalue weighted by Crippen LogP contribution is 2.41. The second kappa shape index (κ2) is 8.89. The zero-order valence-electron chi connectivity index (χ0n) is 17.6. The standard InChI is InChI=1S/C24H28ClN3O3/c1-16(17-6-8-18(9-7-17)22(26)29)27-23(30)24(11-3-12-24)28-13-10-21(15-28)31-20-5-2-4-19(25)14-20/h2,4-9,14,16,21H,3,10-13,15H2,1H3,(H2,26,29)(H,27,30)/t16?,21-/m1/s1. The summed E-state index contributed by atoms with van der Waals surface area (Å²) in [5.74, 6) is 0.369. The van der Waals surface area contributed by atoms with E-state index in [9.17, 15) is 9.59 Å². The molecular weight excluding hydrogens is 414 g/mol. The second-order valence-electron chi connectivity index (χ2n) is 8.50. The molecule has 0 bridgehead atoms. The lowest BCUT2D eigenvalue weighted by Crippen LogP contribution is -2.62. The van der Waals surface area contributed by atoms with Gasteiger partial charge in [-0.05, 0) is 68.5 Å². The van der Waals surface area contributed by atoms with Crippen LogP contribution in [0.25, 0.3) is 0 Å². The van der Waals surface area contributed by atoms with E-state index in [2.05, 4.69) is 10.2 Å². The summed E-state index contributed by atoms with van der Waals surface area (Å²) in [5, 5.41) is 3.83. The molecule has 4 rings (SSSR count). The number of hydrogen-bond donors (Lipinski definition) is 2. The first kappa shape index (κ1) is 21.7. The minimum Gasteiger partial charge on any atom is -0.489 e. The SMILES string of the molecule is CC(NC(=O)C1(N2CC[C@@H](Oc3cccc(Cl)c3)C2)CCC1)c1ccc(C(N)=O)cc1. The molecule has 1 saturated carbocycles. The third-order valence-corrected chi connectivity index (χ3v) is 6.73. The average Bonchev–Trinajstić information content (AvgIpc) is 3.15. The van der Waals surface area contributed by atoms with Crippen molar-refractivity contribution in [1.29, 1.82) is 0 Å². The summed E-state index contributed by atoms with van der Waals surface area (Å²) < 4.78 is 6.12. The average molecular weight is 442 g/mol. The smallest absolute Gasteiger partial charge is 0.248 e. The summed E-state index contributed by atoms with van der Waals surface area (Å²) in [5.41, 5.74) is 6.24. The molecule has 1 aliphatic heterocycles. The lowest BCUT2D eigenvalue weighted by Gasteiger charge is -2.47. The van der Waals surface area contributed by atoms with Gasteiger partial charge < -0.3 is 15.8 Å². The molecule has 1 aliphatic carbocycles. The highest BCUT2D eigenvalue weighted by atomic mass is 35.5. The quantitative estimate of drug-likeness (QED) is 0.686. The van der Waals surface area contributed by atoms with Crippen LogP contribution >= 0.6 is 11.6 Å². The minimum atomic E-state index is -0.464. The fourth-order valence-electron chi connectivity index (χ4n) is 4.49. The number of amides is 2. The third-order valence-electron chi connectivity index (χ3n) is 6.50. The van der Waals surface area contributed by atoms with E-state index in [0.29, 0.717) is 10.6 Å². The van der Waals surface area contributed by atoms with Gasteiger partial charge in [0.25, 0.3) is 0 Å². The summed E-state index contributed by atoms with van der Waals surface area (Å²) in [7, 11) is 0. The molecule has 2 aliphatic rings. The third kappa shape index (κ3) is 4.55. The number of carbonyl (C=O) groups excluding carboxylic acids is 2. The predicted molar refractivity (Wildman–Crippen MR) is 120 cm³/mol. The molecule has 0 aromatic heterocycles. The maximum Gasteiger partial charge on any atom is 0.248 e. The van der Waals surface area contributed by atoms with Crippen LogP contribution in [-0.4, -0.2) is 41.4 Å². The molecule has 7 heteroatoms. The number of carbonyl (C=O) groups is 2. The van der Waals surface area contributed by atoms with Crippen LogP contribution < -0.4 is 15.8 Å².